The normalized spacial score (nSPS) is 9.94. The Bertz CT molecular complexity index is 429. The van der Waals surface area contributed by atoms with Crippen LogP contribution in [-0.4, -0.2) is 18.4 Å². The highest BCUT2D eigenvalue weighted by atomic mass is 19.1. The molecule has 1 aromatic carbocycles. The Morgan fingerprint density at radius 2 is 1.78 bits per heavy atom. The molecule has 0 saturated carbocycles. The number of amides is 2. The fourth-order valence-corrected chi connectivity index (χ4v) is 1.25. The highest BCUT2D eigenvalue weighted by molar-refractivity contribution is 6.39. The zero-order valence-corrected chi connectivity index (χ0v) is 9.93. The summed E-state index contributed by atoms with van der Waals surface area (Å²) in [5.74, 6) is -3.85. The number of para-hydroxylation sites is 1. The second-order valence-electron chi connectivity index (χ2n) is 3.66. The van der Waals surface area contributed by atoms with Crippen molar-refractivity contribution in [3.63, 3.8) is 0 Å². The molecule has 4 nitrogen and oxygen atoms in total. The fourth-order valence-electron chi connectivity index (χ4n) is 1.25. The van der Waals surface area contributed by atoms with E-state index in [4.69, 9.17) is 0 Å². The van der Waals surface area contributed by atoms with Crippen LogP contribution in [0.25, 0.3) is 0 Å². The summed E-state index contributed by atoms with van der Waals surface area (Å²) in [5.41, 5.74) is -0.617. The summed E-state index contributed by atoms with van der Waals surface area (Å²) in [7, 11) is 0. The summed E-state index contributed by atoms with van der Waals surface area (Å²) in [6.07, 6.45) is 1.59. The van der Waals surface area contributed by atoms with E-state index in [0.29, 0.717) is 6.54 Å². The summed E-state index contributed by atoms with van der Waals surface area (Å²) in [6, 6.07) is 3.16. The van der Waals surface area contributed by atoms with E-state index >= 15 is 0 Å². The summed E-state index contributed by atoms with van der Waals surface area (Å²) in [4.78, 5) is 22.6. The number of halogens is 2. The van der Waals surface area contributed by atoms with Crippen LogP contribution >= 0.6 is 0 Å². The first kappa shape index (κ1) is 14.1. The van der Waals surface area contributed by atoms with Gasteiger partial charge in [0, 0.05) is 6.54 Å². The van der Waals surface area contributed by atoms with Crippen LogP contribution in [0.1, 0.15) is 19.8 Å². The van der Waals surface area contributed by atoms with Crippen LogP contribution in [0.4, 0.5) is 14.5 Å². The van der Waals surface area contributed by atoms with E-state index < -0.39 is 29.1 Å². The van der Waals surface area contributed by atoms with Crippen LogP contribution in [0, 0.1) is 11.6 Å². The van der Waals surface area contributed by atoms with Crippen LogP contribution in [0.3, 0.4) is 0 Å². The predicted molar refractivity (Wildman–Crippen MR) is 62.9 cm³/mol. The van der Waals surface area contributed by atoms with Crippen molar-refractivity contribution in [2.75, 3.05) is 11.9 Å². The number of benzene rings is 1. The molecule has 0 aliphatic heterocycles. The van der Waals surface area contributed by atoms with Gasteiger partial charge in [-0.3, -0.25) is 9.59 Å². The van der Waals surface area contributed by atoms with Gasteiger partial charge < -0.3 is 10.6 Å². The average Bonchev–Trinajstić information content (AvgIpc) is 2.34. The maximum atomic E-state index is 13.2. The first-order valence-electron chi connectivity index (χ1n) is 5.59. The third kappa shape index (κ3) is 3.80. The molecule has 1 rings (SSSR count). The maximum absolute atomic E-state index is 13.2. The molecule has 0 aliphatic rings. The van der Waals surface area contributed by atoms with Crippen LogP contribution in [0.5, 0.6) is 0 Å². The highest BCUT2D eigenvalue weighted by Crippen LogP contribution is 2.17. The molecule has 0 heterocycles. The summed E-state index contributed by atoms with van der Waals surface area (Å²) >= 11 is 0. The van der Waals surface area contributed by atoms with Gasteiger partial charge in [-0.15, -0.1) is 0 Å². The molecule has 1 aromatic rings. The lowest BCUT2D eigenvalue weighted by Gasteiger charge is -2.07. The average molecular weight is 256 g/mol. The molecule has 0 spiro atoms. The minimum atomic E-state index is -1.09. The minimum Gasteiger partial charge on any atom is -0.348 e. The number of nitrogens with one attached hydrogen (secondary N) is 2. The molecule has 6 heteroatoms. The number of carbonyl (C=O) groups excluding carboxylic acids is 2. The first-order valence-corrected chi connectivity index (χ1v) is 5.59. The van der Waals surface area contributed by atoms with E-state index in [1.165, 1.54) is 6.07 Å². The molecule has 98 valence electrons. The number of anilines is 1. The standard InChI is InChI=1S/C12H14F2N2O2/c1-2-3-7-15-11(17)12(18)16-10-8(13)5-4-6-9(10)14/h4-6H,2-3,7H2,1H3,(H,15,17)(H,16,18). The number of hydrogen-bond donors (Lipinski definition) is 2. The molecule has 2 N–H and O–H groups in total. The molecule has 2 amide bonds. The SMILES string of the molecule is CCCCNC(=O)C(=O)Nc1c(F)cccc1F. The highest BCUT2D eigenvalue weighted by Gasteiger charge is 2.17. The maximum Gasteiger partial charge on any atom is 0.313 e. The van der Waals surface area contributed by atoms with Gasteiger partial charge >= 0.3 is 11.8 Å². The second kappa shape index (κ2) is 6.68. The Morgan fingerprint density at radius 1 is 1.17 bits per heavy atom. The fraction of sp³-hybridized carbons (Fsp3) is 0.333. The van der Waals surface area contributed by atoms with Gasteiger partial charge in [0.2, 0.25) is 0 Å². The Morgan fingerprint density at radius 3 is 2.33 bits per heavy atom. The number of unbranched alkanes of at least 4 members (excludes halogenated alkanes) is 1. The van der Waals surface area contributed by atoms with Gasteiger partial charge in [-0.05, 0) is 18.6 Å². The van der Waals surface area contributed by atoms with E-state index in [9.17, 15) is 18.4 Å². The lowest BCUT2D eigenvalue weighted by molar-refractivity contribution is -0.136. The van der Waals surface area contributed by atoms with Crippen molar-refractivity contribution in [2.24, 2.45) is 0 Å². The van der Waals surface area contributed by atoms with Gasteiger partial charge in [0.15, 0.2) is 0 Å². The number of carbonyl (C=O) groups is 2. The van der Waals surface area contributed by atoms with E-state index in [2.05, 4.69) is 5.32 Å². The van der Waals surface area contributed by atoms with E-state index in [1.54, 1.807) is 0 Å². The molecule has 0 bridgehead atoms. The Labute approximate surface area is 103 Å². The summed E-state index contributed by atoms with van der Waals surface area (Å²) in [5, 5.41) is 4.25. The van der Waals surface area contributed by atoms with Crippen LogP contribution in [-0.2, 0) is 9.59 Å². The zero-order chi connectivity index (χ0) is 13.5. The molecular weight excluding hydrogens is 242 g/mol. The van der Waals surface area contributed by atoms with Gasteiger partial charge in [-0.2, -0.15) is 0 Å². The van der Waals surface area contributed by atoms with Crippen molar-refractivity contribution in [3.05, 3.63) is 29.8 Å². The monoisotopic (exact) mass is 256 g/mol. The Kier molecular flexibility index (Phi) is 5.23. The third-order valence-corrected chi connectivity index (χ3v) is 2.22. The molecule has 0 saturated heterocycles. The number of rotatable bonds is 4. The molecule has 0 fully saturated rings. The van der Waals surface area contributed by atoms with Gasteiger partial charge in [-0.1, -0.05) is 19.4 Å². The molecule has 0 radical (unpaired) electrons. The van der Waals surface area contributed by atoms with Gasteiger partial charge in [-0.25, -0.2) is 8.78 Å². The number of hydrogen-bond acceptors (Lipinski definition) is 2. The van der Waals surface area contributed by atoms with Gasteiger partial charge in [0.25, 0.3) is 0 Å². The van der Waals surface area contributed by atoms with Crippen LogP contribution < -0.4 is 10.6 Å². The first-order chi connectivity index (χ1) is 8.56. The van der Waals surface area contributed by atoms with E-state index in [-0.39, 0.29) is 0 Å². The van der Waals surface area contributed by atoms with Crippen molar-refractivity contribution < 1.29 is 18.4 Å². The van der Waals surface area contributed by atoms with E-state index in [1.807, 2.05) is 12.2 Å². The predicted octanol–water partition coefficient (Wildman–Crippen LogP) is 1.82. The molecular formula is C12H14F2N2O2. The van der Waals surface area contributed by atoms with Gasteiger partial charge in [0.1, 0.15) is 17.3 Å². The zero-order valence-electron chi connectivity index (χ0n) is 9.93. The second-order valence-corrected chi connectivity index (χ2v) is 3.66. The molecule has 0 aliphatic carbocycles. The van der Waals surface area contributed by atoms with Crippen molar-refractivity contribution in [3.8, 4) is 0 Å². The quantitative estimate of drug-likeness (QED) is 0.637. The lowest BCUT2D eigenvalue weighted by Crippen LogP contribution is -2.36. The molecule has 0 atom stereocenters. The van der Waals surface area contributed by atoms with Crippen molar-refractivity contribution in [2.45, 2.75) is 19.8 Å². The van der Waals surface area contributed by atoms with Crippen molar-refractivity contribution in [1.29, 1.82) is 0 Å². The summed E-state index contributed by atoms with van der Waals surface area (Å²) in [6.45, 7) is 2.28. The topological polar surface area (TPSA) is 58.2 Å². The smallest absolute Gasteiger partial charge is 0.313 e. The van der Waals surface area contributed by atoms with Crippen molar-refractivity contribution in [1.82, 2.24) is 5.32 Å². The molecule has 18 heavy (non-hydrogen) atoms. The van der Waals surface area contributed by atoms with Crippen molar-refractivity contribution >= 4 is 17.5 Å². The third-order valence-electron chi connectivity index (χ3n) is 2.22. The van der Waals surface area contributed by atoms with Crippen LogP contribution in [0.2, 0.25) is 0 Å². The molecule has 0 unspecified atom stereocenters. The Hall–Kier alpha value is -1.98. The van der Waals surface area contributed by atoms with E-state index in [0.717, 1.165) is 25.0 Å². The Balaban J connectivity index is 2.61. The summed E-state index contributed by atoms with van der Waals surface area (Å²) < 4.78 is 26.4. The van der Waals surface area contributed by atoms with Gasteiger partial charge in [0.05, 0.1) is 0 Å². The lowest BCUT2D eigenvalue weighted by atomic mass is 10.3. The molecule has 0 aromatic heterocycles. The minimum absolute atomic E-state index is 0.350. The largest absolute Gasteiger partial charge is 0.348 e. The van der Waals surface area contributed by atoms with Crippen LogP contribution in [0.15, 0.2) is 18.2 Å².